The SMILES string of the molecule is C=C(C)C=Cc1c(OC)cc2oc3cc(O)ccc3c(=O)c2c1O. The van der Waals surface area contributed by atoms with Crippen molar-refractivity contribution in [3.8, 4) is 17.2 Å². The molecular weight excluding hydrogens is 308 g/mol. The van der Waals surface area contributed by atoms with Gasteiger partial charge in [-0.1, -0.05) is 18.2 Å². The monoisotopic (exact) mass is 324 g/mol. The van der Waals surface area contributed by atoms with Gasteiger partial charge in [0, 0.05) is 12.1 Å². The Hall–Kier alpha value is -3.21. The molecule has 0 fully saturated rings. The molecule has 0 atom stereocenters. The zero-order valence-electron chi connectivity index (χ0n) is 13.3. The molecule has 0 aliphatic heterocycles. The van der Waals surface area contributed by atoms with Gasteiger partial charge in [-0.15, -0.1) is 0 Å². The quantitative estimate of drug-likeness (QED) is 0.563. The molecule has 24 heavy (non-hydrogen) atoms. The predicted molar refractivity (Wildman–Crippen MR) is 93.7 cm³/mol. The summed E-state index contributed by atoms with van der Waals surface area (Å²) in [4.78, 5) is 12.7. The maximum absolute atomic E-state index is 12.7. The normalized spacial score (nSPS) is 11.4. The molecule has 0 unspecified atom stereocenters. The van der Waals surface area contributed by atoms with Crippen molar-refractivity contribution in [3.05, 3.63) is 58.3 Å². The minimum Gasteiger partial charge on any atom is -0.508 e. The van der Waals surface area contributed by atoms with Crippen LogP contribution in [0.25, 0.3) is 28.0 Å². The Morgan fingerprint density at radius 1 is 1.25 bits per heavy atom. The van der Waals surface area contributed by atoms with Gasteiger partial charge in [-0.3, -0.25) is 4.79 Å². The molecule has 0 bridgehead atoms. The number of phenols is 2. The molecule has 0 saturated carbocycles. The van der Waals surface area contributed by atoms with E-state index < -0.39 is 0 Å². The Bertz CT molecular complexity index is 1060. The number of aromatic hydroxyl groups is 2. The average Bonchev–Trinajstić information content (AvgIpc) is 2.52. The van der Waals surface area contributed by atoms with Crippen molar-refractivity contribution < 1.29 is 19.4 Å². The molecule has 2 aromatic carbocycles. The fourth-order valence-electron chi connectivity index (χ4n) is 2.53. The van der Waals surface area contributed by atoms with E-state index >= 15 is 0 Å². The smallest absolute Gasteiger partial charge is 0.204 e. The number of rotatable bonds is 3. The molecule has 2 N–H and O–H groups in total. The fourth-order valence-corrected chi connectivity index (χ4v) is 2.53. The van der Waals surface area contributed by atoms with E-state index in [4.69, 9.17) is 9.15 Å². The van der Waals surface area contributed by atoms with Crippen LogP contribution in [0, 0.1) is 0 Å². The van der Waals surface area contributed by atoms with Crippen molar-refractivity contribution in [2.75, 3.05) is 7.11 Å². The zero-order chi connectivity index (χ0) is 17.4. The van der Waals surface area contributed by atoms with Gasteiger partial charge in [-0.25, -0.2) is 0 Å². The molecule has 0 radical (unpaired) electrons. The van der Waals surface area contributed by atoms with E-state index in [9.17, 15) is 15.0 Å². The van der Waals surface area contributed by atoms with Crippen molar-refractivity contribution in [1.29, 1.82) is 0 Å². The molecule has 5 nitrogen and oxygen atoms in total. The lowest BCUT2D eigenvalue weighted by Crippen LogP contribution is -2.03. The van der Waals surface area contributed by atoms with Crippen LogP contribution < -0.4 is 10.2 Å². The standard InChI is InChI=1S/C19H16O5/c1-10(2)4-6-12-14(23-3)9-16-17(18(12)21)19(22)13-7-5-11(20)8-15(13)24-16/h4-9,20-21H,1H2,2-3H3. The van der Waals surface area contributed by atoms with E-state index in [2.05, 4.69) is 6.58 Å². The predicted octanol–water partition coefficient (Wildman–Crippen LogP) is 3.96. The topological polar surface area (TPSA) is 79.9 Å². The van der Waals surface area contributed by atoms with Gasteiger partial charge in [0.1, 0.15) is 33.8 Å². The maximum Gasteiger partial charge on any atom is 0.204 e. The van der Waals surface area contributed by atoms with Crippen LogP contribution >= 0.6 is 0 Å². The lowest BCUT2D eigenvalue weighted by Gasteiger charge is -2.10. The molecule has 0 saturated heterocycles. The van der Waals surface area contributed by atoms with Crippen LogP contribution in [-0.4, -0.2) is 17.3 Å². The first-order chi connectivity index (χ1) is 11.4. The molecule has 0 aliphatic rings. The van der Waals surface area contributed by atoms with Crippen molar-refractivity contribution in [2.24, 2.45) is 0 Å². The minimum absolute atomic E-state index is 0.0119. The van der Waals surface area contributed by atoms with Gasteiger partial charge in [0.2, 0.25) is 5.43 Å². The summed E-state index contributed by atoms with van der Waals surface area (Å²) in [5.41, 5.74) is 1.20. The first kappa shape index (κ1) is 15.7. The van der Waals surface area contributed by atoms with Gasteiger partial charge in [0.25, 0.3) is 0 Å². The second kappa shape index (κ2) is 5.77. The molecule has 3 aromatic rings. The molecule has 1 aromatic heterocycles. The summed E-state index contributed by atoms with van der Waals surface area (Å²) in [5.74, 6) is 0.132. The van der Waals surface area contributed by atoms with Crippen LogP contribution in [0.4, 0.5) is 0 Å². The third kappa shape index (κ3) is 2.50. The molecule has 1 heterocycles. The van der Waals surface area contributed by atoms with Crippen LogP contribution in [-0.2, 0) is 0 Å². The Morgan fingerprint density at radius 3 is 2.67 bits per heavy atom. The number of fused-ring (bicyclic) bond motifs is 2. The Labute approximate surface area is 137 Å². The van der Waals surface area contributed by atoms with Crippen molar-refractivity contribution in [1.82, 2.24) is 0 Å². The molecule has 0 spiro atoms. The van der Waals surface area contributed by atoms with Crippen LogP contribution in [0.15, 0.2) is 51.7 Å². The summed E-state index contributed by atoms with van der Waals surface area (Å²) in [6, 6.07) is 5.75. The van der Waals surface area contributed by atoms with E-state index in [0.717, 1.165) is 5.57 Å². The molecule has 5 heteroatoms. The number of phenolic OH excluding ortho intramolecular Hbond substituents is 2. The second-order valence-corrected chi connectivity index (χ2v) is 5.51. The molecule has 0 amide bonds. The van der Waals surface area contributed by atoms with E-state index in [1.54, 1.807) is 12.2 Å². The third-order valence-electron chi connectivity index (χ3n) is 3.68. The summed E-state index contributed by atoms with van der Waals surface area (Å²) in [6.45, 7) is 5.59. The number of hydrogen-bond donors (Lipinski definition) is 2. The summed E-state index contributed by atoms with van der Waals surface area (Å²) < 4.78 is 11.0. The third-order valence-corrected chi connectivity index (χ3v) is 3.68. The molecule has 0 aliphatic carbocycles. The highest BCUT2D eigenvalue weighted by molar-refractivity contribution is 5.97. The van der Waals surface area contributed by atoms with Crippen molar-refractivity contribution in [2.45, 2.75) is 6.92 Å². The lowest BCUT2D eigenvalue weighted by atomic mass is 10.0. The van der Waals surface area contributed by atoms with Crippen LogP contribution in [0.2, 0.25) is 0 Å². The molecular formula is C19H16O5. The average molecular weight is 324 g/mol. The second-order valence-electron chi connectivity index (χ2n) is 5.51. The van der Waals surface area contributed by atoms with Gasteiger partial charge in [-0.2, -0.15) is 0 Å². The molecule has 122 valence electrons. The highest BCUT2D eigenvalue weighted by atomic mass is 16.5. The number of methoxy groups -OCH3 is 1. The van der Waals surface area contributed by atoms with E-state index in [0.29, 0.717) is 11.3 Å². The largest absolute Gasteiger partial charge is 0.508 e. The zero-order valence-corrected chi connectivity index (χ0v) is 13.3. The van der Waals surface area contributed by atoms with Crippen LogP contribution in [0.1, 0.15) is 12.5 Å². The van der Waals surface area contributed by atoms with Gasteiger partial charge < -0.3 is 19.4 Å². The first-order valence-corrected chi connectivity index (χ1v) is 7.25. The Balaban J connectivity index is 2.44. The van der Waals surface area contributed by atoms with E-state index in [1.165, 1.54) is 31.4 Å². The number of ether oxygens (including phenoxy) is 1. The number of hydrogen-bond acceptors (Lipinski definition) is 5. The van der Waals surface area contributed by atoms with Gasteiger partial charge >= 0.3 is 0 Å². The number of benzene rings is 2. The van der Waals surface area contributed by atoms with Gasteiger partial charge in [-0.05, 0) is 25.1 Å². The van der Waals surface area contributed by atoms with Crippen LogP contribution in [0.5, 0.6) is 17.2 Å². The van der Waals surface area contributed by atoms with Crippen molar-refractivity contribution >= 4 is 28.0 Å². The fraction of sp³-hybridized carbons (Fsp3) is 0.105. The Morgan fingerprint density at radius 2 is 2.00 bits per heavy atom. The first-order valence-electron chi connectivity index (χ1n) is 7.25. The highest BCUT2D eigenvalue weighted by Crippen LogP contribution is 2.37. The number of allylic oxidation sites excluding steroid dienone is 2. The van der Waals surface area contributed by atoms with Gasteiger partial charge in [0.05, 0.1) is 18.1 Å². The Kier molecular flexibility index (Phi) is 3.77. The summed E-state index contributed by atoms with van der Waals surface area (Å²) in [5, 5.41) is 20.5. The minimum atomic E-state index is -0.378. The lowest BCUT2D eigenvalue weighted by molar-refractivity contribution is 0.406. The van der Waals surface area contributed by atoms with Gasteiger partial charge in [0.15, 0.2) is 0 Å². The van der Waals surface area contributed by atoms with Crippen LogP contribution in [0.3, 0.4) is 0 Å². The maximum atomic E-state index is 12.7. The van der Waals surface area contributed by atoms with E-state index in [-0.39, 0.29) is 38.9 Å². The summed E-state index contributed by atoms with van der Waals surface area (Å²) in [7, 11) is 1.46. The van der Waals surface area contributed by atoms with E-state index in [1.807, 2.05) is 6.92 Å². The molecule has 3 rings (SSSR count). The summed E-state index contributed by atoms with van der Waals surface area (Å²) >= 11 is 0. The summed E-state index contributed by atoms with van der Waals surface area (Å²) in [6.07, 6.45) is 3.35. The van der Waals surface area contributed by atoms with Crippen molar-refractivity contribution in [3.63, 3.8) is 0 Å². The highest BCUT2D eigenvalue weighted by Gasteiger charge is 2.18.